The third kappa shape index (κ3) is 2.98. The first-order chi connectivity index (χ1) is 9.56. The summed E-state index contributed by atoms with van der Waals surface area (Å²) in [4.78, 5) is 2.18. The lowest BCUT2D eigenvalue weighted by molar-refractivity contribution is 0.319. The predicted molar refractivity (Wildman–Crippen MR) is 83.7 cm³/mol. The van der Waals surface area contributed by atoms with E-state index < -0.39 is 0 Å². The molecule has 2 rings (SSSR count). The van der Waals surface area contributed by atoms with Crippen molar-refractivity contribution in [2.45, 2.75) is 51.6 Å². The van der Waals surface area contributed by atoms with Crippen molar-refractivity contribution in [1.82, 2.24) is 5.32 Å². The van der Waals surface area contributed by atoms with Gasteiger partial charge in [0.05, 0.1) is 5.69 Å². The van der Waals surface area contributed by atoms with Crippen LogP contribution in [0.15, 0.2) is 18.2 Å². The lowest BCUT2D eigenvalue weighted by atomic mass is 9.84. The molecule has 1 aliphatic carbocycles. The molecule has 3 heteroatoms. The summed E-state index contributed by atoms with van der Waals surface area (Å²) in [5.74, 6) is 0.524. The molecule has 0 radical (unpaired) electrons. The summed E-state index contributed by atoms with van der Waals surface area (Å²) in [7, 11) is 3.97. The molecular formula is C17H27FN2. The van der Waals surface area contributed by atoms with Gasteiger partial charge in [-0.25, -0.2) is 4.39 Å². The van der Waals surface area contributed by atoms with Gasteiger partial charge in [0.1, 0.15) is 5.82 Å². The van der Waals surface area contributed by atoms with E-state index in [0.29, 0.717) is 12.0 Å². The van der Waals surface area contributed by atoms with Gasteiger partial charge in [0.15, 0.2) is 0 Å². The number of para-hydroxylation sites is 1. The zero-order valence-corrected chi connectivity index (χ0v) is 13.1. The molecule has 1 fully saturated rings. The third-order valence-electron chi connectivity index (χ3n) is 4.83. The van der Waals surface area contributed by atoms with Gasteiger partial charge in [0, 0.05) is 19.1 Å². The number of hydrogen-bond donors (Lipinski definition) is 1. The maximum atomic E-state index is 14.4. The fourth-order valence-electron chi connectivity index (χ4n) is 3.45. The number of benzene rings is 1. The van der Waals surface area contributed by atoms with Gasteiger partial charge in [-0.3, -0.25) is 0 Å². The van der Waals surface area contributed by atoms with Gasteiger partial charge in [-0.2, -0.15) is 0 Å². The average molecular weight is 278 g/mol. The van der Waals surface area contributed by atoms with E-state index in [2.05, 4.69) is 31.1 Å². The van der Waals surface area contributed by atoms with Gasteiger partial charge in [-0.1, -0.05) is 31.9 Å². The number of nitrogens with one attached hydrogen (secondary N) is 1. The second-order valence-corrected chi connectivity index (χ2v) is 6.13. The van der Waals surface area contributed by atoms with Crippen LogP contribution in [0, 0.1) is 11.7 Å². The van der Waals surface area contributed by atoms with E-state index in [9.17, 15) is 4.39 Å². The minimum Gasteiger partial charge on any atom is -0.369 e. The maximum Gasteiger partial charge on any atom is 0.146 e. The van der Waals surface area contributed by atoms with Gasteiger partial charge in [0.2, 0.25) is 0 Å². The Labute approximate surface area is 122 Å². The molecule has 0 heterocycles. The monoisotopic (exact) mass is 278 g/mol. The molecule has 2 nitrogen and oxygen atoms in total. The molecule has 1 aromatic rings. The van der Waals surface area contributed by atoms with Crippen molar-refractivity contribution in [2.75, 3.05) is 19.0 Å². The molecule has 1 aliphatic rings. The number of nitrogens with zero attached hydrogens (tertiary/aromatic N) is 1. The molecule has 0 aromatic heterocycles. The van der Waals surface area contributed by atoms with Gasteiger partial charge in [-0.15, -0.1) is 0 Å². The number of rotatable bonds is 4. The van der Waals surface area contributed by atoms with Crippen LogP contribution in [0.2, 0.25) is 0 Å². The molecule has 1 N–H and O–H groups in total. The second-order valence-electron chi connectivity index (χ2n) is 6.13. The van der Waals surface area contributed by atoms with Crippen LogP contribution in [0.3, 0.4) is 0 Å². The molecule has 20 heavy (non-hydrogen) atoms. The highest BCUT2D eigenvalue weighted by molar-refractivity contribution is 5.56. The Morgan fingerprint density at radius 1 is 1.30 bits per heavy atom. The van der Waals surface area contributed by atoms with Crippen LogP contribution in [0.4, 0.5) is 10.1 Å². The van der Waals surface area contributed by atoms with Gasteiger partial charge >= 0.3 is 0 Å². The Balaban J connectivity index is 2.35. The van der Waals surface area contributed by atoms with Gasteiger partial charge < -0.3 is 10.2 Å². The summed E-state index contributed by atoms with van der Waals surface area (Å²) in [5, 5.41) is 3.22. The van der Waals surface area contributed by atoms with Crippen molar-refractivity contribution in [2.24, 2.45) is 5.92 Å². The van der Waals surface area contributed by atoms with E-state index in [-0.39, 0.29) is 11.9 Å². The van der Waals surface area contributed by atoms with Crippen molar-refractivity contribution in [3.8, 4) is 0 Å². The van der Waals surface area contributed by atoms with Gasteiger partial charge in [-0.05, 0) is 44.4 Å². The highest BCUT2D eigenvalue weighted by Gasteiger charge is 2.28. The molecule has 112 valence electrons. The van der Waals surface area contributed by atoms with Crippen molar-refractivity contribution >= 4 is 5.69 Å². The number of anilines is 1. The van der Waals surface area contributed by atoms with Crippen LogP contribution in [-0.2, 0) is 0 Å². The van der Waals surface area contributed by atoms with E-state index in [1.54, 1.807) is 12.1 Å². The smallest absolute Gasteiger partial charge is 0.146 e. The maximum absolute atomic E-state index is 14.4. The summed E-state index contributed by atoms with van der Waals surface area (Å²) in [6, 6.07) is 6.01. The van der Waals surface area contributed by atoms with Crippen molar-refractivity contribution in [1.29, 1.82) is 0 Å². The summed E-state index contributed by atoms with van der Waals surface area (Å²) < 4.78 is 14.4. The molecule has 0 amide bonds. The molecule has 0 saturated heterocycles. The first-order valence-corrected chi connectivity index (χ1v) is 7.74. The van der Waals surface area contributed by atoms with Crippen LogP contribution in [0.25, 0.3) is 0 Å². The van der Waals surface area contributed by atoms with Crippen molar-refractivity contribution in [3.63, 3.8) is 0 Å². The normalized spacial score (nSPS) is 24.4. The molecule has 1 aromatic carbocycles. The average Bonchev–Trinajstić information content (AvgIpc) is 2.46. The Morgan fingerprint density at radius 3 is 2.65 bits per heavy atom. The molecule has 3 unspecified atom stereocenters. The second kappa shape index (κ2) is 6.57. The quantitative estimate of drug-likeness (QED) is 0.891. The topological polar surface area (TPSA) is 15.3 Å². The van der Waals surface area contributed by atoms with E-state index in [1.165, 1.54) is 25.7 Å². The van der Waals surface area contributed by atoms with Gasteiger partial charge in [0.25, 0.3) is 0 Å². The standard InChI is InChI=1S/C17H27FN2/c1-12-8-5-6-11-16(12)20(4)17-14(13(2)19-3)9-7-10-15(17)18/h7,9-10,12-13,16,19H,5-6,8,11H2,1-4H3. The summed E-state index contributed by atoms with van der Waals surface area (Å²) in [6.45, 7) is 4.37. The third-order valence-corrected chi connectivity index (χ3v) is 4.83. The first-order valence-electron chi connectivity index (χ1n) is 7.74. The van der Waals surface area contributed by atoms with Crippen molar-refractivity contribution < 1.29 is 4.39 Å². The van der Waals surface area contributed by atoms with E-state index >= 15 is 0 Å². The molecule has 3 atom stereocenters. The Morgan fingerprint density at radius 2 is 2.00 bits per heavy atom. The zero-order valence-electron chi connectivity index (χ0n) is 13.1. The lowest BCUT2D eigenvalue weighted by Gasteiger charge is -2.39. The minimum atomic E-state index is -0.107. The molecule has 0 bridgehead atoms. The summed E-state index contributed by atoms with van der Waals surface area (Å²) in [6.07, 6.45) is 4.98. The number of hydrogen-bond acceptors (Lipinski definition) is 2. The van der Waals surface area contributed by atoms with Crippen molar-refractivity contribution in [3.05, 3.63) is 29.6 Å². The summed E-state index contributed by atoms with van der Waals surface area (Å²) in [5.41, 5.74) is 1.82. The fraction of sp³-hybridized carbons (Fsp3) is 0.647. The van der Waals surface area contributed by atoms with Crippen LogP contribution < -0.4 is 10.2 Å². The molecule has 0 aliphatic heterocycles. The Hall–Kier alpha value is -1.09. The zero-order chi connectivity index (χ0) is 14.7. The van der Waals surface area contributed by atoms with Crippen LogP contribution in [0.5, 0.6) is 0 Å². The minimum absolute atomic E-state index is 0.107. The SMILES string of the molecule is CNC(C)c1cccc(F)c1N(C)C1CCCCC1C. The van der Waals surface area contributed by atoms with Crippen LogP contribution >= 0.6 is 0 Å². The molecular weight excluding hydrogens is 251 g/mol. The van der Waals surface area contributed by atoms with E-state index in [1.807, 2.05) is 13.1 Å². The molecule has 1 saturated carbocycles. The Bertz CT molecular complexity index is 447. The summed E-state index contributed by atoms with van der Waals surface area (Å²) >= 11 is 0. The molecule has 0 spiro atoms. The first kappa shape index (κ1) is 15.3. The fourth-order valence-corrected chi connectivity index (χ4v) is 3.45. The lowest BCUT2D eigenvalue weighted by Crippen LogP contribution is -2.40. The van der Waals surface area contributed by atoms with Crippen LogP contribution in [-0.4, -0.2) is 20.1 Å². The highest BCUT2D eigenvalue weighted by Crippen LogP contribution is 2.35. The largest absolute Gasteiger partial charge is 0.369 e. The highest BCUT2D eigenvalue weighted by atomic mass is 19.1. The van der Waals surface area contributed by atoms with E-state index in [0.717, 1.165) is 11.3 Å². The number of halogens is 1. The Kier molecular flexibility index (Phi) is 5.03. The predicted octanol–water partition coefficient (Wildman–Crippen LogP) is 4.12. The van der Waals surface area contributed by atoms with Crippen LogP contribution in [0.1, 0.15) is 51.1 Å². The van der Waals surface area contributed by atoms with E-state index in [4.69, 9.17) is 0 Å².